The number of carbonyl (C=O) groups is 2. The molecule has 0 aliphatic carbocycles. The fourth-order valence-corrected chi connectivity index (χ4v) is 2.04. The number of aromatic nitrogens is 2. The summed E-state index contributed by atoms with van der Waals surface area (Å²) in [5.41, 5.74) is 6.20. The lowest BCUT2D eigenvalue weighted by molar-refractivity contribution is 0.0840. The van der Waals surface area contributed by atoms with E-state index in [1.54, 1.807) is 35.9 Å². The van der Waals surface area contributed by atoms with Crippen LogP contribution in [-0.2, 0) is 6.54 Å². The Hall–Kier alpha value is -2.34. The van der Waals surface area contributed by atoms with E-state index < -0.39 is 11.8 Å². The predicted molar refractivity (Wildman–Crippen MR) is 79.0 cm³/mol. The lowest BCUT2D eigenvalue weighted by Crippen LogP contribution is -2.42. The number of hydrogen-bond acceptors (Lipinski definition) is 3. The maximum absolute atomic E-state index is 12.0. The zero-order valence-electron chi connectivity index (χ0n) is 11.7. The van der Waals surface area contributed by atoms with Gasteiger partial charge < -0.3 is 0 Å². The molecule has 21 heavy (non-hydrogen) atoms. The molecule has 110 valence electrons. The molecule has 1 aromatic heterocycles. The van der Waals surface area contributed by atoms with Gasteiger partial charge >= 0.3 is 0 Å². The maximum Gasteiger partial charge on any atom is 0.287 e. The van der Waals surface area contributed by atoms with Gasteiger partial charge in [0.15, 0.2) is 0 Å². The molecule has 7 heteroatoms. The number of amides is 2. The first-order chi connectivity index (χ1) is 10.0. The molecule has 2 rings (SSSR count). The fourth-order valence-electron chi connectivity index (χ4n) is 1.85. The van der Waals surface area contributed by atoms with Crippen molar-refractivity contribution in [2.45, 2.75) is 20.4 Å². The number of aryl methyl sites for hydroxylation is 2. The second kappa shape index (κ2) is 6.41. The van der Waals surface area contributed by atoms with E-state index in [9.17, 15) is 9.59 Å². The van der Waals surface area contributed by atoms with Crippen LogP contribution in [0.3, 0.4) is 0 Å². The zero-order valence-corrected chi connectivity index (χ0v) is 12.4. The monoisotopic (exact) mass is 306 g/mol. The summed E-state index contributed by atoms with van der Waals surface area (Å²) in [4.78, 5) is 23.9. The standard InChI is InChI=1S/C14H15ClN4O2/c1-3-19-12(7-9(2)18-19)14(21)17-16-13(20)10-5-4-6-11(15)8-10/h4-8H,3H2,1-2H3,(H,16,20)(H,17,21). The molecule has 2 amide bonds. The van der Waals surface area contributed by atoms with Crippen molar-refractivity contribution in [3.05, 3.63) is 52.3 Å². The summed E-state index contributed by atoms with van der Waals surface area (Å²) >= 11 is 5.81. The average Bonchev–Trinajstić information content (AvgIpc) is 2.85. The molecule has 0 fully saturated rings. The van der Waals surface area contributed by atoms with E-state index >= 15 is 0 Å². The second-order valence-electron chi connectivity index (χ2n) is 4.41. The van der Waals surface area contributed by atoms with E-state index in [4.69, 9.17) is 11.6 Å². The predicted octanol–water partition coefficient (Wildman–Crippen LogP) is 1.94. The Labute approximate surface area is 127 Å². The highest BCUT2D eigenvalue weighted by molar-refractivity contribution is 6.30. The normalized spacial score (nSPS) is 10.2. The number of rotatable bonds is 3. The molecule has 0 unspecified atom stereocenters. The van der Waals surface area contributed by atoms with E-state index in [2.05, 4.69) is 16.0 Å². The van der Waals surface area contributed by atoms with E-state index in [-0.39, 0.29) is 0 Å². The van der Waals surface area contributed by atoms with Crippen molar-refractivity contribution in [2.75, 3.05) is 0 Å². The Morgan fingerprint density at radius 3 is 2.62 bits per heavy atom. The number of nitrogens with zero attached hydrogens (tertiary/aromatic N) is 2. The first kappa shape index (κ1) is 15.1. The van der Waals surface area contributed by atoms with Crippen LogP contribution in [0.4, 0.5) is 0 Å². The van der Waals surface area contributed by atoms with E-state index in [1.165, 1.54) is 6.07 Å². The Morgan fingerprint density at radius 1 is 1.24 bits per heavy atom. The van der Waals surface area contributed by atoms with Crippen LogP contribution in [0, 0.1) is 6.92 Å². The molecule has 2 aromatic rings. The zero-order chi connectivity index (χ0) is 15.4. The van der Waals surface area contributed by atoms with Gasteiger partial charge in [-0.2, -0.15) is 5.10 Å². The molecule has 2 N–H and O–H groups in total. The van der Waals surface area contributed by atoms with Crippen LogP contribution in [0.5, 0.6) is 0 Å². The fraction of sp³-hybridized carbons (Fsp3) is 0.214. The van der Waals surface area contributed by atoms with Gasteiger partial charge in [-0.25, -0.2) is 0 Å². The third-order valence-electron chi connectivity index (χ3n) is 2.81. The van der Waals surface area contributed by atoms with Crippen LogP contribution in [-0.4, -0.2) is 21.6 Å². The van der Waals surface area contributed by atoms with E-state index in [0.717, 1.165) is 5.69 Å². The first-order valence-corrected chi connectivity index (χ1v) is 6.79. The largest absolute Gasteiger partial charge is 0.287 e. The topological polar surface area (TPSA) is 76.0 Å². The molecule has 1 heterocycles. The average molecular weight is 307 g/mol. The Morgan fingerprint density at radius 2 is 1.95 bits per heavy atom. The third kappa shape index (κ3) is 3.61. The van der Waals surface area contributed by atoms with Gasteiger partial charge in [0, 0.05) is 17.1 Å². The summed E-state index contributed by atoms with van der Waals surface area (Å²) in [6, 6.07) is 8.11. The van der Waals surface area contributed by atoms with Gasteiger partial charge in [0.25, 0.3) is 11.8 Å². The lowest BCUT2D eigenvalue weighted by atomic mass is 10.2. The maximum atomic E-state index is 12.0. The molecule has 6 nitrogen and oxygen atoms in total. The number of hydrogen-bond donors (Lipinski definition) is 2. The van der Waals surface area contributed by atoms with E-state index in [0.29, 0.717) is 22.8 Å². The number of carbonyl (C=O) groups excluding carboxylic acids is 2. The smallest absolute Gasteiger partial charge is 0.267 e. The number of benzene rings is 1. The van der Waals surface area contributed by atoms with Crippen molar-refractivity contribution in [2.24, 2.45) is 0 Å². The molecule has 0 bridgehead atoms. The highest BCUT2D eigenvalue weighted by Gasteiger charge is 2.14. The van der Waals surface area contributed by atoms with Crippen LogP contribution >= 0.6 is 11.6 Å². The summed E-state index contributed by atoms with van der Waals surface area (Å²) in [5, 5.41) is 4.63. The minimum atomic E-state index is -0.440. The summed E-state index contributed by atoms with van der Waals surface area (Å²) in [6.45, 7) is 4.25. The Bertz CT molecular complexity index is 681. The van der Waals surface area contributed by atoms with Gasteiger partial charge in [-0.15, -0.1) is 0 Å². The van der Waals surface area contributed by atoms with Gasteiger partial charge in [-0.05, 0) is 38.1 Å². The van der Waals surface area contributed by atoms with Crippen molar-refractivity contribution in [3.8, 4) is 0 Å². The first-order valence-electron chi connectivity index (χ1n) is 6.42. The molecule has 0 saturated carbocycles. The highest BCUT2D eigenvalue weighted by Crippen LogP contribution is 2.10. The molecule has 0 saturated heterocycles. The molecule has 1 aromatic carbocycles. The molecule has 0 atom stereocenters. The van der Waals surface area contributed by atoms with Gasteiger partial charge in [0.05, 0.1) is 5.69 Å². The lowest BCUT2D eigenvalue weighted by Gasteiger charge is -2.08. The van der Waals surface area contributed by atoms with Crippen LogP contribution in [0.15, 0.2) is 30.3 Å². The molecule has 0 aliphatic heterocycles. The van der Waals surface area contributed by atoms with Gasteiger partial charge in [0.1, 0.15) is 5.69 Å². The van der Waals surface area contributed by atoms with Crippen molar-refractivity contribution in [1.82, 2.24) is 20.6 Å². The molecular weight excluding hydrogens is 292 g/mol. The SMILES string of the molecule is CCn1nc(C)cc1C(=O)NNC(=O)c1cccc(Cl)c1. The quantitative estimate of drug-likeness (QED) is 0.851. The Balaban J connectivity index is 2.02. The minimum Gasteiger partial charge on any atom is -0.267 e. The highest BCUT2D eigenvalue weighted by atomic mass is 35.5. The van der Waals surface area contributed by atoms with Crippen molar-refractivity contribution in [3.63, 3.8) is 0 Å². The molecule has 0 spiro atoms. The van der Waals surface area contributed by atoms with Crippen molar-refractivity contribution >= 4 is 23.4 Å². The van der Waals surface area contributed by atoms with Crippen molar-refractivity contribution < 1.29 is 9.59 Å². The molecule has 0 radical (unpaired) electrons. The van der Waals surface area contributed by atoms with Crippen LogP contribution in [0.2, 0.25) is 5.02 Å². The summed E-state index contributed by atoms with van der Waals surface area (Å²) in [5.74, 6) is -0.863. The van der Waals surface area contributed by atoms with Gasteiger partial charge in [0.2, 0.25) is 0 Å². The molecular formula is C14H15ClN4O2. The summed E-state index contributed by atoms with van der Waals surface area (Å²) in [7, 11) is 0. The summed E-state index contributed by atoms with van der Waals surface area (Å²) in [6.07, 6.45) is 0. The van der Waals surface area contributed by atoms with Gasteiger partial charge in [-0.1, -0.05) is 17.7 Å². The summed E-state index contributed by atoms with van der Waals surface area (Å²) < 4.78 is 1.57. The number of nitrogens with one attached hydrogen (secondary N) is 2. The van der Waals surface area contributed by atoms with Gasteiger partial charge in [-0.3, -0.25) is 25.1 Å². The molecule has 0 aliphatic rings. The Kier molecular flexibility index (Phi) is 4.59. The minimum absolute atomic E-state index is 0.364. The number of halogens is 1. The van der Waals surface area contributed by atoms with Crippen molar-refractivity contribution in [1.29, 1.82) is 0 Å². The van der Waals surface area contributed by atoms with Crippen LogP contribution in [0.1, 0.15) is 33.5 Å². The van der Waals surface area contributed by atoms with Crippen LogP contribution < -0.4 is 10.9 Å². The third-order valence-corrected chi connectivity index (χ3v) is 3.05. The van der Waals surface area contributed by atoms with Crippen LogP contribution in [0.25, 0.3) is 0 Å². The number of hydrazine groups is 1. The second-order valence-corrected chi connectivity index (χ2v) is 4.84. The van der Waals surface area contributed by atoms with E-state index in [1.807, 2.05) is 6.92 Å².